The predicted molar refractivity (Wildman–Crippen MR) is 89.5 cm³/mol. The second-order valence-electron chi connectivity index (χ2n) is 8.58. The standard InChI is InChI=1S/C19H40/c1-15(2)10-9-11-19(12-16(3)4,13-17(5)6)14-18(7)8/h15-18H,9-14H2,1-8H3. The highest BCUT2D eigenvalue weighted by Gasteiger charge is 2.32. The number of rotatable bonds is 10. The van der Waals surface area contributed by atoms with Crippen LogP contribution >= 0.6 is 0 Å². The summed E-state index contributed by atoms with van der Waals surface area (Å²) in [6.45, 7) is 19.1. The molecule has 0 spiro atoms. The minimum atomic E-state index is 0.603. The van der Waals surface area contributed by atoms with Crippen molar-refractivity contribution in [2.75, 3.05) is 0 Å². The van der Waals surface area contributed by atoms with Crippen LogP contribution in [0.3, 0.4) is 0 Å². The molecule has 19 heavy (non-hydrogen) atoms. The molecule has 0 saturated carbocycles. The van der Waals surface area contributed by atoms with E-state index in [4.69, 9.17) is 0 Å². The molecular formula is C19H40. The maximum absolute atomic E-state index is 2.40. The number of hydrogen-bond donors (Lipinski definition) is 0. The molecule has 0 heterocycles. The van der Waals surface area contributed by atoms with Crippen LogP contribution in [0.4, 0.5) is 0 Å². The quantitative estimate of drug-likeness (QED) is 0.402. The Morgan fingerprint density at radius 1 is 0.579 bits per heavy atom. The summed E-state index contributed by atoms with van der Waals surface area (Å²) in [5, 5.41) is 0. The molecule has 0 radical (unpaired) electrons. The molecule has 0 bridgehead atoms. The van der Waals surface area contributed by atoms with Crippen molar-refractivity contribution in [1.82, 2.24) is 0 Å². The third-order valence-corrected chi connectivity index (χ3v) is 4.01. The largest absolute Gasteiger partial charge is 0.0628 e. The van der Waals surface area contributed by atoms with E-state index in [0.29, 0.717) is 5.41 Å². The van der Waals surface area contributed by atoms with Gasteiger partial charge < -0.3 is 0 Å². The Hall–Kier alpha value is 0. The van der Waals surface area contributed by atoms with Gasteiger partial charge in [-0.3, -0.25) is 0 Å². The fraction of sp³-hybridized carbons (Fsp3) is 1.00. The minimum absolute atomic E-state index is 0.603. The smallest absolute Gasteiger partial charge is 0.0290 e. The fourth-order valence-electron chi connectivity index (χ4n) is 4.04. The Morgan fingerprint density at radius 2 is 0.947 bits per heavy atom. The lowest BCUT2D eigenvalue weighted by atomic mass is 9.66. The van der Waals surface area contributed by atoms with Crippen molar-refractivity contribution in [2.45, 2.75) is 93.9 Å². The van der Waals surface area contributed by atoms with Gasteiger partial charge in [-0.25, -0.2) is 0 Å². The molecular weight excluding hydrogens is 228 g/mol. The van der Waals surface area contributed by atoms with Gasteiger partial charge in [0.15, 0.2) is 0 Å². The monoisotopic (exact) mass is 268 g/mol. The van der Waals surface area contributed by atoms with Gasteiger partial charge in [0.05, 0.1) is 0 Å². The van der Waals surface area contributed by atoms with Gasteiger partial charge in [0.25, 0.3) is 0 Å². The summed E-state index contributed by atoms with van der Waals surface area (Å²) in [5.41, 5.74) is 0.603. The van der Waals surface area contributed by atoms with Gasteiger partial charge in [-0.1, -0.05) is 68.2 Å². The molecule has 0 heteroatoms. The van der Waals surface area contributed by atoms with Gasteiger partial charge in [-0.15, -0.1) is 0 Å². The van der Waals surface area contributed by atoms with E-state index in [1.165, 1.54) is 38.5 Å². The molecule has 0 rings (SSSR count). The van der Waals surface area contributed by atoms with E-state index in [1.807, 2.05) is 0 Å². The molecule has 116 valence electrons. The van der Waals surface area contributed by atoms with Gasteiger partial charge >= 0.3 is 0 Å². The maximum atomic E-state index is 2.40. The first kappa shape index (κ1) is 19.0. The van der Waals surface area contributed by atoms with Gasteiger partial charge in [0, 0.05) is 0 Å². The van der Waals surface area contributed by atoms with E-state index in [-0.39, 0.29) is 0 Å². The summed E-state index contributed by atoms with van der Waals surface area (Å²) in [7, 11) is 0. The zero-order valence-corrected chi connectivity index (χ0v) is 15.1. The molecule has 0 aromatic heterocycles. The van der Waals surface area contributed by atoms with Gasteiger partial charge in [-0.2, -0.15) is 0 Å². The van der Waals surface area contributed by atoms with Crippen molar-refractivity contribution < 1.29 is 0 Å². The maximum Gasteiger partial charge on any atom is -0.0290 e. The van der Waals surface area contributed by atoms with E-state index >= 15 is 0 Å². The normalized spacial score (nSPS) is 13.3. The second-order valence-corrected chi connectivity index (χ2v) is 8.58. The van der Waals surface area contributed by atoms with Crippen LogP contribution in [0.15, 0.2) is 0 Å². The molecule has 0 aliphatic rings. The van der Waals surface area contributed by atoms with Crippen molar-refractivity contribution in [3.8, 4) is 0 Å². The highest BCUT2D eigenvalue weighted by molar-refractivity contribution is 4.83. The van der Waals surface area contributed by atoms with E-state index < -0.39 is 0 Å². The number of hydrogen-bond acceptors (Lipinski definition) is 0. The van der Waals surface area contributed by atoms with Crippen LogP contribution in [-0.2, 0) is 0 Å². The average molecular weight is 269 g/mol. The Kier molecular flexibility index (Phi) is 9.03. The molecule has 0 amide bonds. The fourth-order valence-corrected chi connectivity index (χ4v) is 4.04. The Balaban J connectivity index is 4.77. The van der Waals surface area contributed by atoms with Crippen LogP contribution < -0.4 is 0 Å². The first-order valence-corrected chi connectivity index (χ1v) is 8.67. The molecule has 0 unspecified atom stereocenters. The lowest BCUT2D eigenvalue weighted by Crippen LogP contribution is -2.27. The molecule has 0 aromatic carbocycles. The Morgan fingerprint density at radius 3 is 1.21 bits per heavy atom. The molecule has 0 aliphatic heterocycles. The van der Waals surface area contributed by atoms with E-state index in [1.54, 1.807) is 0 Å². The molecule has 0 aliphatic carbocycles. The van der Waals surface area contributed by atoms with Crippen LogP contribution in [0.2, 0.25) is 0 Å². The lowest BCUT2D eigenvalue weighted by molar-refractivity contribution is 0.123. The van der Waals surface area contributed by atoms with E-state index in [2.05, 4.69) is 55.4 Å². The highest BCUT2D eigenvalue weighted by Crippen LogP contribution is 2.44. The zero-order chi connectivity index (χ0) is 15.1. The summed E-state index contributed by atoms with van der Waals surface area (Å²) in [6.07, 6.45) is 8.52. The minimum Gasteiger partial charge on any atom is -0.0628 e. The molecule has 0 atom stereocenters. The van der Waals surface area contributed by atoms with Crippen LogP contribution in [0.1, 0.15) is 93.9 Å². The van der Waals surface area contributed by atoms with Crippen molar-refractivity contribution in [3.63, 3.8) is 0 Å². The van der Waals surface area contributed by atoms with Gasteiger partial charge in [0.1, 0.15) is 0 Å². The third-order valence-electron chi connectivity index (χ3n) is 4.01. The van der Waals surface area contributed by atoms with Crippen molar-refractivity contribution in [2.24, 2.45) is 29.1 Å². The van der Waals surface area contributed by atoms with E-state index in [9.17, 15) is 0 Å². The van der Waals surface area contributed by atoms with Gasteiger partial charge in [-0.05, 0) is 54.8 Å². The Labute approximate surface area is 123 Å². The van der Waals surface area contributed by atoms with Crippen molar-refractivity contribution in [1.29, 1.82) is 0 Å². The van der Waals surface area contributed by atoms with Gasteiger partial charge in [0.2, 0.25) is 0 Å². The molecule has 0 N–H and O–H groups in total. The Bertz CT molecular complexity index is 184. The average Bonchev–Trinajstić information content (AvgIpc) is 2.12. The first-order chi connectivity index (χ1) is 8.67. The summed E-state index contributed by atoms with van der Waals surface area (Å²) in [4.78, 5) is 0. The van der Waals surface area contributed by atoms with Crippen LogP contribution in [0.5, 0.6) is 0 Å². The predicted octanol–water partition coefficient (Wildman–Crippen LogP) is 6.94. The summed E-state index contributed by atoms with van der Waals surface area (Å²) >= 11 is 0. The molecule has 0 fully saturated rings. The van der Waals surface area contributed by atoms with Crippen molar-refractivity contribution >= 4 is 0 Å². The summed E-state index contributed by atoms with van der Waals surface area (Å²) in [6, 6.07) is 0. The van der Waals surface area contributed by atoms with E-state index in [0.717, 1.165) is 23.7 Å². The first-order valence-electron chi connectivity index (χ1n) is 8.67. The highest BCUT2D eigenvalue weighted by atomic mass is 14.4. The topological polar surface area (TPSA) is 0 Å². The molecule has 0 aromatic rings. The molecule has 0 saturated heterocycles. The van der Waals surface area contributed by atoms with Crippen LogP contribution in [0, 0.1) is 29.1 Å². The summed E-state index contributed by atoms with van der Waals surface area (Å²) in [5.74, 6) is 3.35. The molecule has 0 nitrogen and oxygen atoms in total. The zero-order valence-electron chi connectivity index (χ0n) is 15.1. The summed E-state index contributed by atoms with van der Waals surface area (Å²) < 4.78 is 0. The van der Waals surface area contributed by atoms with Crippen LogP contribution in [0.25, 0.3) is 0 Å². The third kappa shape index (κ3) is 9.52. The van der Waals surface area contributed by atoms with Crippen molar-refractivity contribution in [3.05, 3.63) is 0 Å². The lowest BCUT2D eigenvalue weighted by Gasteiger charge is -2.39. The SMILES string of the molecule is CC(C)CCCC(CC(C)C)(CC(C)C)CC(C)C. The van der Waals surface area contributed by atoms with Crippen LogP contribution in [-0.4, -0.2) is 0 Å². The second kappa shape index (κ2) is 9.03.